The molecule has 0 amide bonds. The standard InChI is InChI=1S/C11H9NO5S/c13-10(14)7(11(15)16)4-6-5-18-9(12-6)8-2-1-3-17-8/h1-3,5,7H,4H2,(H,13,14)(H,15,16). The highest BCUT2D eigenvalue weighted by atomic mass is 32.1. The van der Waals surface area contributed by atoms with Crippen LogP contribution in [0.2, 0.25) is 0 Å². The Labute approximate surface area is 106 Å². The molecule has 6 nitrogen and oxygen atoms in total. The predicted octanol–water partition coefficient (Wildman–Crippen LogP) is 1.73. The van der Waals surface area contributed by atoms with E-state index in [2.05, 4.69) is 4.98 Å². The van der Waals surface area contributed by atoms with Crippen molar-refractivity contribution in [2.75, 3.05) is 0 Å². The van der Waals surface area contributed by atoms with Crippen LogP contribution in [0.1, 0.15) is 5.69 Å². The lowest BCUT2D eigenvalue weighted by Crippen LogP contribution is -2.25. The van der Waals surface area contributed by atoms with Crippen LogP contribution in [0, 0.1) is 5.92 Å². The zero-order chi connectivity index (χ0) is 13.1. The van der Waals surface area contributed by atoms with Gasteiger partial charge in [0.2, 0.25) is 0 Å². The molecule has 0 aliphatic heterocycles. The summed E-state index contributed by atoms with van der Waals surface area (Å²) in [7, 11) is 0. The van der Waals surface area contributed by atoms with Gasteiger partial charge in [-0.1, -0.05) is 0 Å². The van der Waals surface area contributed by atoms with Crippen LogP contribution in [0.25, 0.3) is 10.8 Å². The first-order valence-electron chi connectivity index (χ1n) is 5.02. The maximum Gasteiger partial charge on any atom is 0.318 e. The fourth-order valence-corrected chi connectivity index (χ4v) is 2.20. The lowest BCUT2D eigenvalue weighted by Gasteiger charge is -2.03. The molecule has 0 aromatic carbocycles. The molecular weight excluding hydrogens is 258 g/mol. The van der Waals surface area contributed by atoms with Crippen LogP contribution in [0.3, 0.4) is 0 Å². The van der Waals surface area contributed by atoms with Crippen LogP contribution in [-0.2, 0) is 16.0 Å². The van der Waals surface area contributed by atoms with E-state index in [1.165, 1.54) is 17.6 Å². The van der Waals surface area contributed by atoms with Gasteiger partial charge in [-0.3, -0.25) is 9.59 Å². The Morgan fingerprint density at radius 2 is 2.11 bits per heavy atom. The first-order valence-corrected chi connectivity index (χ1v) is 5.90. The van der Waals surface area contributed by atoms with E-state index in [0.717, 1.165) is 0 Å². The van der Waals surface area contributed by atoms with Gasteiger partial charge in [0.05, 0.1) is 12.0 Å². The molecule has 2 rings (SSSR count). The van der Waals surface area contributed by atoms with Gasteiger partial charge in [-0.25, -0.2) is 4.98 Å². The molecule has 7 heteroatoms. The van der Waals surface area contributed by atoms with E-state index in [9.17, 15) is 9.59 Å². The van der Waals surface area contributed by atoms with E-state index >= 15 is 0 Å². The maximum absolute atomic E-state index is 10.8. The lowest BCUT2D eigenvalue weighted by atomic mass is 10.0. The number of carboxylic acid groups (broad SMARTS) is 2. The molecule has 18 heavy (non-hydrogen) atoms. The summed E-state index contributed by atoms with van der Waals surface area (Å²) in [5, 5.41) is 19.8. The number of furan rings is 1. The number of rotatable bonds is 5. The SMILES string of the molecule is O=C(O)C(Cc1csc(-c2ccco2)n1)C(=O)O. The van der Waals surface area contributed by atoms with Crippen LogP contribution in [0.4, 0.5) is 0 Å². The molecular formula is C11H9NO5S. The van der Waals surface area contributed by atoms with Crippen molar-refractivity contribution >= 4 is 23.3 Å². The maximum atomic E-state index is 10.8. The summed E-state index contributed by atoms with van der Waals surface area (Å²) in [6.07, 6.45) is 1.37. The Kier molecular flexibility index (Phi) is 3.42. The number of thiazole rings is 1. The molecule has 2 heterocycles. The van der Waals surface area contributed by atoms with Crippen molar-refractivity contribution in [2.24, 2.45) is 5.92 Å². The Hall–Kier alpha value is -2.15. The van der Waals surface area contributed by atoms with Crippen LogP contribution >= 0.6 is 11.3 Å². The number of carboxylic acids is 2. The topological polar surface area (TPSA) is 101 Å². The molecule has 0 aliphatic rings. The van der Waals surface area contributed by atoms with E-state index in [1.807, 2.05) is 0 Å². The van der Waals surface area contributed by atoms with E-state index in [-0.39, 0.29) is 6.42 Å². The van der Waals surface area contributed by atoms with Gasteiger partial charge >= 0.3 is 11.9 Å². The number of carbonyl (C=O) groups is 2. The van der Waals surface area contributed by atoms with E-state index in [4.69, 9.17) is 14.6 Å². The largest absolute Gasteiger partial charge is 0.481 e. The molecule has 0 unspecified atom stereocenters. The first kappa shape index (κ1) is 12.3. The van der Waals surface area contributed by atoms with Gasteiger partial charge in [-0.05, 0) is 12.1 Å². The molecule has 0 radical (unpaired) electrons. The van der Waals surface area contributed by atoms with Gasteiger partial charge in [0, 0.05) is 11.8 Å². The molecule has 0 bridgehead atoms. The highest BCUT2D eigenvalue weighted by molar-refractivity contribution is 7.13. The first-order chi connectivity index (χ1) is 8.58. The molecule has 0 atom stereocenters. The van der Waals surface area contributed by atoms with Crippen molar-refractivity contribution in [1.29, 1.82) is 0 Å². The average Bonchev–Trinajstić information content (AvgIpc) is 2.95. The minimum absolute atomic E-state index is 0.137. The smallest absolute Gasteiger partial charge is 0.318 e. The lowest BCUT2D eigenvalue weighted by molar-refractivity contribution is -0.154. The minimum atomic E-state index is -1.48. The van der Waals surface area contributed by atoms with Crippen LogP contribution in [-0.4, -0.2) is 27.1 Å². The van der Waals surface area contributed by atoms with Gasteiger partial charge in [-0.2, -0.15) is 0 Å². The molecule has 0 spiro atoms. The minimum Gasteiger partial charge on any atom is -0.481 e. The monoisotopic (exact) mass is 267 g/mol. The Morgan fingerprint density at radius 3 is 2.67 bits per heavy atom. The summed E-state index contributed by atoms with van der Waals surface area (Å²) in [4.78, 5) is 25.7. The molecule has 2 N–H and O–H groups in total. The summed E-state index contributed by atoms with van der Waals surface area (Å²) >= 11 is 1.28. The Bertz CT molecular complexity index is 546. The third-order valence-electron chi connectivity index (χ3n) is 2.29. The van der Waals surface area contributed by atoms with Crippen molar-refractivity contribution in [3.05, 3.63) is 29.5 Å². The summed E-state index contributed by atoms with van der Waals surface area (Å²) in [5.74, 6) is -3.63. The molecule has 0 saturated carbocycles. The quantitative estimate of drug-likeness (QED) is 0.800. The van der Waals surface area contributed by atoms with Crippen molar-refractivity contribution in [1.82, 2.24) is 4.98 Å². The molecule has 0 aliphatic carbocycles. The van der Waals surface area contributed by atoms with Crippen molar-refractivity contribution in [3.63, 3.8) is 0 Å². The van der Waals surface area contributed by atoms with Gasteiger partial charge in [0.1, 0.15) is 0 Å². The second-order valence-corrected chi connectivity index (χ2v) is 4.41. The highest BCUT2D eigenvalue weighted by Crippen LogP contribution is 2.25. The molecule has 2 aromatic heterocycles. The van der Waals surface area contributed by atoms with Crippen LogP contribution in [0.5, 0.6) is 0 Å². The fraction of sp³-hybridized carbons (Fsp3) is 0.182. The van der Waals surface area contributed by atoms with E-state index in [1.54, 1.807) is 17.5 Å². The Balaban J connectivity index is 2.16. The Morgan fingerprint density at radius 1 is 1.39 bits per heavy atom. The second-order valence-electron chi connectivity index (χ2n) is 3.55. The third-order valence-corrected chi connectivity index (χ3v) is 3.20. The number of hydrogen-bond acceptors (Lipinski definition) is 5. The summed E-state index contributed by atoms with van der Waals surface area (Å²) in [5.41, 5.74) is 0.432. The summed E-state index contributed by atoms with van der Waals surface area (Å²) < 4.78 is 5.15. The van der Waals surface area contributed by atoms with Crippen LogP contribution in [0.15, 0.2) is 28.2 Å². The third kappa shape index (κ3) is 2.57. The molecule has 0 saturated heterocycles. The van der Waals surface area contributed by atoms with E-state index < -0.39 is 17.9 Å². The number of aliphatic carboxylic acids is 2. The van der Waals surface area contributed by atoms with Gasteiger partial charge in [0.15, 0.2) is 16.7 Å². The molecule has 0 fully saturated rings. The molecule has 94 valence electrons. The van der Waals surface area contributed by atoms with Crippen LogP contribution < -0.4 is 0 Å². The predicted molar refractivity (Wildman–Crippen MR) is 62.3 cm³/mol. The van der Waals surface area contributed by atoms with Gasteiger partial charge < -0.3 is 14.6 Å². The normalized spacial score (nSPS) is 10.7. The van der Waals surface area contributed by atoms with Crippen molar-refractivity contribution < 1.29 is 24.2 Å². The van der Waals surface area contributed by atoms with E-state index in [0.29, 0.717) is 16.5 Å². The number of hydrogen-bond donors (Lipinski definition) is 2. The number of nitrogens with zero attached hydrogens (tertiary/aromatic N) is 1. The molecule has 2 aromatic rings. The van der Waals surface area contributed by atoms with Gasteiger partial charge in [0.25, 0.3) is 0 Å². The fourth-order valence-electron chi connectivity index (χ4n) is 1.40. The zero-order valence-corrected chi connectivity index (χ0v) is 9.88. The van der Waals surface area contributed by atoms with Crippen molar-refractivity contribution in [3.8, 4) is 10.8 Å². The average molecular weight is 267 g/mol. The summed E-state index contributed by atoms with van der Waals surface area (Å²) in [6, 6.07) is 3.45. The van der Waals surface area contributed by atoms with Crippen molar-refractivity contribution in [2.45, 2.75) is 6.42 Å². The number of aromatic nitrogens is 1. The highest BCUT2D eigenvalue weighted by Gasteiger charge is 2.27. The van der Waals surface area contributed by atoms with Gasteiger partial charge in [-0.15, -0.1) is 11.3 Å². The zero-order valence-electron chi connectivity index (χ0n) is 9.07. The summed E-state index contributed by atoms with van der Waals surface area (Å²) in [6.45, 7) is 0. The second kappa shape index (κ2) is 5.01.